The molecule has 2 aliphatic carbocycles. The first kappa shape index (κ1) is 41.2. The van der Waals surface area contributed by atoms with E-state index in [2.05, 4.69) is 43.1 Å². The van der Waals surface area contributed by atoms with Crippen molar-refractivity contribution in [1.29, 1.82) is 0 Å². The number of methoxy groups -OCH3 is 1. The number of nitrogens with zero attached hydrogens (tertiary/aromatic N) is 3. The van der Waals surface area contributed by atoms with Crippen LogP contribution in [0.25, 0.3) is 4.91 Å². The van der Waals surface area contributed by atoms with Crippen LogP contribution in [0, 0.1) is 12.8 Å². The number of likely N-dealkylation sites (N-methyl/N-ethyl adjacent to an activating group) is 2. The number of nitrogens with one attached hydrogen (secondary N) is 1. The zero-order chi connectivity index (χ0) is 35.5. The van der Waals surface area contributed by atoms with E-state index in [0.717, 1.165) is 47.2 Å². The van der Waals surface area contributed by atoms with Gasteiger partial charge in [0.05, 0.1) is 13.7 Å². The van der Waals surface area contributed by atoms with Crippen molar-refractivity contribution in [2.45, 2.75) is 77.0 Å². The van der Waals surface area contributed by atoms with Crippen LogP contribution < -0.4 is 15.0 Å². The van der Waals surface area contributed by atoms with Gasteiger partial charge in [-0.2, -0.15) is 0 Å². The molecule has 48 heavy (non-hydrogen) atoms. The Labute approximate surface area is 298 Å². The second-order valence-electron chi connectivity index (χ2n) is 13.4. The van der Waals surface area contributed by atoms with E-state index in [1.54, 1.807) is 19.1 Å². The average Bonchev–Trinajstić information content (AvgIpc) is 3.10. The van der Waals surface area contributed by atoms with Gasteiger partial charge < -0.3 is 29.5 Å². The summed E-state index contributed by atoms with van der Waals surface area (Å²) in [6.45, 7) is 3.73. The van der Waals surface area contributed by atoms with Gasteiger partial charge >= 0.3 is 0 Å². The van der Waals surface area contributed by atoms with Crippen LogP contribution in [0.4, 0.5) is 5.69 Å². The van der Waals surface area contributed by atoms with Gasteiger partial charge in [-0.15, -0.1) is 12.6 Å². The van der Waals surface area contributed by atoms with E-state index in [-0.39, 0.29) is 25.8 Å². The molecule has 2 saturated carbocycles. The molecule has 2 aromatic rings. The third kappa shape index (κ3) is 15.0. The van der Waals surface area contributed by atoms with E-state index in [0.29, 0.717) is 6.61 Å². The Morgan fingerprint density at radius 3 is 2.15 bits per heavy atom. The first-order chi connectivity index (χ1) is 23.0. The molecule has 270 valence electrons. The SMILES string of the molecule is CN(C)/C=C(\S)c1cccc(N(C)C(=O)C2CCCCC2)c1.CNC(=O)COCCN(C)C.COc1ccc(C2CCCCC2)cc1C.[HH]. The Kier molecular flexibility index (Phi) is 19.4. The molecule has 2 aromatic carbocycles. The summed E-state index contributed by atoms with van der Waals surface area (Å²) in [6.07, 6.45) is 14.6. The molecular weight excluding hydrogens is 621 g/mol. The van der Waals surface area contributed by atoms with E-state index < -0.39 is 0 Å². The molecule has 1 N–H and O–H groups in total. The monoisotopic (exact) mass is 684 g/mol. The highest BCUT2D eigenvalue weighted by atomic mass is 32.1. The van der Waals surface area contributed by atoms with Crippen LogP contribution in [0.1, 0.15) is 88.2 Å². The number of thiol groups is 1. The molecule has 4 rings (SSSR count). The smallest absolute Gasteiger partial charge is 0.245 e. The first-order valence-electron chi connectivity index (χ1n) is 17.5. The molecule has 0 atom stereocenters. The minimum atomic E-state index is -0.0799. The van der Waals surface area contributed by atoms with Crippen LogP contribution in [-0.4, -0.2) is 90.8 Å². The minimum Gasteiger partial charge on any atom is -0.496 e. The first-order valence-corrected chi connectivity index (χ1v) is 17.9. The summed E-state index contributed by atoms with van der Waals surface area (Å²) >= 11 is 4.54. The lowest BCUT2D eigenvalue weighted by atomic mass is 9.83. The summed E-state index contributed by atoms with van der Waals surface area (Å²) in [5, 5.41) is 2.48. The highest BCUT2D eigenvalue weighted by Crippen LogP contribution is 2.34. The third-order valence-electron chi connectivity index (χ3n) is 8.89. The maximum atomic E-state index is 12.6. The van der Waals surface area contributed by atoms with Gasteiger partial charge in [0.25, 0.3) is 0 Å². The predicted octanol–water partition coefficient (Wildman–Crippen LogP) is 7.63. The Balaban J connectivity index is 0.000000388. The van der Waals surface area contributed by atoms with Crippen molar-refractivity contribution in [2.75, 3.05) is 74.1 Å². The molecular formula is C39H64N4O4S. The topological polar surface area (TPSA) is 74.3 Å². The van der Waals surface area contributed by atoms with Crippen molar-refractivity contribution in [3.8, 4) is 5.75 Å². The fraction of sp³-hybridized carbons (Fsp3) is 0.590. The van der Waals surface area contributed by atoms with Gasteiger partial charge in [0.2, 0.25) is 11.8 Å². The van der Waals surface area contributed by atoms with Crippen LogP contribution in [0.2, 0.25) is 0 Å². The van der Waals surface area contributed by atoms with Gasteiger partial charge in [0, 0.05) is 58.9 Å². The van der Waals surface area contributed by atoms with Crippen molar-refractivity contribution in [3.05, 3.63) is 65.4 Å². The maximum Gasteiger partial charge on any atom is 0.245 e. The van der Waals surface area contributed by atoms with E-state index in [1.807, 2.05) is 75.5 Å². The van der Waals surface area contributed by atoms with Crippen LogP contribution in [-0.2, 0) is 14.3 Å². The molecule has 8 nitrogen and oxygen atoms in total. The van der Waals surface area contributed by atoms with Gasteiger partial charge in [-0.3, -0.25) is 9.59 Å². The predicted molar refractivity (Wildman–Crippen MR) is 206 cm³/mol. The molecule has 2 amide bonds. The van der Waals surface area contributed by atoms with Crippen molar-refractivity contribution >= 4 is 35.0 Å². The standard InChI is InChI=1S/C18H26N2OS.C14H20O.C7H16N2O2.H2/c1-19(2)13-17(22)15-10-7-11-16(12-15)20(3)18(21)14-8-5-4-6-9-14;1-11-10-13(8-9-14(11)15-2)12-6-4-3-5-7-12;1-8-7(10)6-11-5-4-9(2)3;/h7,10-14,22H,4-6,8-9H2,1-3H3;8-10,12H,3-7H2,1-2H3;4-6H2,1-3H3,(H,8,10);1H/b17-13-;;;. The Morgan fingerprint density at radius 1 is 0.938 bits per heavy atom. The largest absolute Gasteiger partial charge is 0.496 e. The number of benzene rings is 2. The lowest BCUT2D eigenvalue weighted by molar-refractivity contribution is -0.125. The number of carbonyl (C=O) groups excluding carboxylic acids is 2. The molecule has 2 aliphatic rings. The van der Waals surface area contributed by atoms with Crippen molar-refractivity contribution in [3.63, 3.8) is 0 Å². The number of ether oxygens (including phenoxy) is 2. The Bertz CT molecular complexity index is 1280. The Morgan fingerprint density at radius 2 is 1.58 bits per heavy atom. The molecule has 0 radical (unpaired) electrons. The van der Waals surface area contributed by atoms with E-state index in [4.69, 9.17) is 9.47 Å². The fourth-order valence-electron chi connectivity index (χ4n) is 6.02. The number of amides is 2. The molecule has 9 heteroatoms. The van der Waals surface area contributed by atoms with Crippen LogP contribution in [0.3, 0.4) is 0 Å². The number of hydrogen-bond donors (Lipinski definition) is 2. The van der Waals surface area contributed by atoms with Crippen molar-refractivity contribution in [2.24, 2.45) is 5.92 Å². The maximum absolute atomic E-state index is 12.6. The van der Waals surface area contributed by atoms with Gasteiger partial charge in [0.1, 0.15) is 12.4 Å². The summed E-state index contributed by atoms with van der Waals surface area (Å²) in [5.41, 5.74) is 4.73. The molecule has 0 aromatic heterocycles. The zero-order valence-electron chi connectivity index (χ0n) is 30.9. The molecule has 0 spiro atoms. The highest BCUT2D eigenvalue weighted by molar-refractivity contribution is 7.90. The summed E-state index contributed by atoms with van der Waals surface area (Å²) in [4.78, 5) is 29.9. The van der Waals surface area contributed by atoms with Crippen LogP contribution in [0.5, 0.6) is 5.75 Å². The van der Waals surface area contributed by atoms with Gasteiger partial charge in [-0.25, -0.2) is 0 Å². The summed E-state index contributed by atoms with van der Waals surface area (Å²) in [5.74, 6) is 2.16. The Hall–Kier alpha value is -3.01. The summed E-state index contributed by atoms with van der Waals surface area (Å²) < 4.78 is 10.3. The molecule has 0 saturated heterocycles. The van der Waals surface area contributed by atoms with Crippen molar-refractivity contribution < 1.29 is 20.5 Å². The van der Waals surface area contributed by atoms with Crippen LogP contribution in [0.15, 0.2) is 48.7 Å². The van der Waals surface area contributed by atoms with E-state index >= 15 is 0 Å². The lowest BCUT2D eigenvalue weighted by Crippen LogP contribution is -2.33. The number of hydrogen-bond acceptors (Lipinski definition) is 7. The number of aryl methyl sites for hydroxylation is 1. The number of carbonyl (C=O) groups is 2. The summed E-state index contributed by atoms with van der Waals surface area (Å²) in [7, 11) is 13.1. The fourth-order valence-corrected chi connectivity index (χ4v) is 6.39. The van der Waals surface area contributed by atoms with Gasteiger partial charge in [-0.05, 0) is 87.5 Å². The molecule has 0 heterocycles. The highest BCUT2D eigenvalue weighted by Gasteiger charge is 2.25. The van der Waals surface area contributed by atoms with Crippen molar-refractivity contribution in [1.82, 2.24) is 15.1 Å². The number of anilines is 1. The molecule has 0 aliphatic heterocycles. The zero-order valence-corrected chi connectivity index (χ0v) is 31.8. The lowest BCUT2D eigenvalue weighted by Gasteiger charge is -2.26. The van der Waals surface area contributed by atoms with Gasteiger partial charge in [-0.1, -0.05) is 62.8 Å². The second-order valence-corrected chi connectivity index (χ2v) is 13.8. The second kappa shape index (κ2) is 22.6. The van der Waals surface area contributed by atoms with E-state index in [1.165, 1.54) is 62.5 Å². The molecule has 0 unspecified atom stereocenters. The summed E-state index contributed by atoms with van der Waals surface area (Å²) in [6, 6.07) is 14.7. The minimum absolute atomic E-state index is 0. The third-order valence-corrected chi connectivity index (χ3v) is 9.26. The van der Waals surface area contributed by atoms with E-state index in [9.17, 15) is 9.59 Å². The molecule has 0 bridgehead atoms. The molecule has 2 fully saturated rings. The van der Waals surface area contributed by atoms with Gasteiger partial charge in [0.15, 0.2) is 0 Å². The quantitative estimate of drug-likeness (QED) is 0.187. The number of rotatable bonds is 11. The average molecular weight is 685 g/mol. The van der Waals surface area contributed by atoms with Crippen LogP contribution >= 0.6 is 12.6 Å². The normalized spacial score (nSPS) is 15.4.